The van der Waals surface area contributed by atoms with Crippen LogP contribution in [0.5, 0.6) is 11.5 Å². The fourth-order valence-electron chi connectivity index (χ4n) is 6.38. The number of halogens is 2. The van der Waals surface area contributed by atoms with Crippen LogP contribution < -0.4 is 10.2 Å². The number of methoxy groups -OCH3 is 1. The molecule has 0 spiro atoms. The van der Waals surface area contributed by atoms with E-state index in [1.165, 1.54) is 6.07 Å². The number of rotatable bonds is 6. The van der Waals surface area contributed by atoms with Crippen LogP contribution in [0.25, 0.3) is 10.8 Å². The molecule has 8 heteroatoms. The van der Waals surface area contributed by atoms with Crippen LogP contribution in [0, 0.1) is 5.92 Å². The molecule has 1 fully saturated rings. The topological polar surface area (TPSA) is 78.9 Å². The summed E-state index contributed by atoms with van der Waals surface area (Å²) in [4.78, 5) is 29.1. The molecule has 6 nitrogen and oxygen atoms in total. The Hall–Kier alpha value is -4.26. The first-order chi connectivity index (χ1) is 19.8. The van der Waals surface area contributed by atoms with E-state index >= 15 is 0 Å². The number of fused-ring (bicyclic) bond motifs is 2. The fraction of sp³-hybridized carbons (Fsp3) is 0.152. The van der Waals surface area contributed by atoms with E-state index in [0.29, 0.717) is 34.0 Å². The zero-order chi connectivity index (χ0) is 28.9. The number of anilines is 1. The summed E-state index contributed by atoms with van der Waals surface area (Å²) in [5.74, 6) is -1.74. The molecular weight excluding hydrogens is 559 g/mol. The lowest BCUT2D eigenvalue weighted by atomic mass is 9.55. The number of hydrogen-bond donors (Lipinski definition) is 2. The molecular formula is C33H26Cl2N2O4. The van der Waals surface area contributed by atoms with Crippen molar-refractivity contribution in [3.05, 3.63) is 124 Å². The van der Waals surface area contributed by atoms with Gasteiger partial charge in [0.1, 0.15) is 11.5 Å². The van der Waals surface area contributed by atoms with Crippen molar-refractivity contribution in [3.8, 4) is 11.5 Å². The summed E-state index contributed by atoms with van der Waals surface area (Å²) >= 11 is 12.5. The Kier molecular flexibility index (Phi) is 6.76. The zero-order valence-electron chi connectivity index (χ0n) is 22.1. The van der Waals surface area contributed by atoms with Crippen molar-refractivity contribution in [3.63, 3.8) is 0 Å². The van der Waals surface area contributed by atoms with Gasteiger partial charge in [0.2, 0.25) is 0 Å². The minimum Gasteiger partial charge on any atom is -0.508 e. The second-order valence-corrected chi connectivity index (χ2v) is 11.0. The summed E-state index contributed by atoms with van der Waals surface area (Å²) in [6.45, 7) is 4.06. The molecule has 1 aliphatic carbocycles. The van der Waals surface area contributed by atoms with Gasteiger partial charge in [0.05, 0.1) is 29.2 Å². The number of imide groups is 1. The van der Waals surface area contributed by atoms with Crippen molar-refractivity contribution in [2.24, 2.45) is 5.92 Å². The number of benzene rings is 4. The van der Waals surface area contributed by atoms with Crippen molar-refractivity contribution < 1.29 is 19.4 Å². The highest BCUT2D eigenvalue weighted by molar-refractivity contribution is 6.36. The zero-order valence-corrected chi connectivity index (χ0v) is 23.6. The molecule has 1 heterocycles. The predicted octanol–water partition coefficient (Wildman–Crippen LogP) is 7.41. The summed E-state index contributed by atoms with van der Waals surface area (Å²) in [5, 5.41) is 14.8. The smallest absolute Gasteiger partial charge is 0.260 e. The predicted molar refractivity (Wildman–Crippen MR) is 161 cm³/mol. The number of aromatic hydroxyl groups is 1. The standard InChI is InChI=1S/C33H26Cl2N2O4/c1-3-19-8-15-25-31(39)37(36-27-16-12-22(34)18-26(27)35)32(40)33(25,21-10-13-23(41-2)14-11-21)30(19)29-24-7-5-4-6-20(24)9-17-28(29)38/h3-14,16-18,25,30,36,38H,1,15H2,2H3/t25-,30+,33+/m0/s1. The Bertz CT molecular complexity index is 1750. The number of hydrazine groups is 1. The SMILES string of the molecule is C=CC1=CC[C@H]2C(=O)N(Nc3ccc(Cl)cc3Cl)C(=O)[C@@]2(c2ccc(OC)cc2)[C@H]1c1c(O)ccc2ccccc12. The van der Waals surface area contributed by atoms with Gasteiger partial charge in [-0.25, -0.2) is 0 Å². The number of ether oxygens (including phenoxy) is 1. The highest BCUT2D eigenvalue weighted by Gasteiger charge is 2.66. The van der Waals surface area contributed by atoms with Crippen LogP contribution in [0.1, 0.15) is 23.5 Å². The third kappa shape index (κ3) is 4.09. The third-order valence-electron chi connectivity index (χ3n) is 8.21. The average Bonchev–Trinajstić information content (AvgIpc) is 3.20. The van der Waals surface area contributed by atoms with Gasteiger partial charge in [-0.15, -0.1) is 0 Å². The van der Waals surface area contributed by atoms with Crippen molar-refractivity contribution >= 4 is 51.5 Å². The molecule has 4 aromatic carbocycles. The van der Waals surface area contributed by atoms with E-state index in [1.54, 1.807) is 43.5 Å². The minimum atomic E-state index is -1.42. The van der Waals surface area contributed by atoms with E-state index in [2.05, 4.69) is 12.0 Å². The summed E-state index contributed by atoms with van der Waals surface area (Å²) in [6, 6.07) is 23.1. The molecule has 1 saturated heterocycles. The number of phenols is 1. The second-order valence-electron chi connectivity index (χ2n) is 10.2. The molecule has 2 amide bonds. The molecule has 0 saturated carbocycles. The van der Waals surface area contributed by atoms with Crippen LogP contribution in [0.2, 0.25) is 10.0 Å². The van der Waals surface area contributed by atoms with Gasteiger partial charge < -0.3 is 9.84 Å². The van der Waals surface area contributed by atoms with Gasteiger partial charge in [0.15, 0.2) is 0 Å². The highest BCUT2D eigenvalue weighted by atomic mass is 35.5. The molecule has 0 bridgehead atoms. The number of phenolic OH excluding ortho intramolecular Hbond substituents is 1. The van der Waals surface area contributed by atoms with E-state index in [1.807, 2.05) is 48.5 Å². The number of allylic oxidation sites excluding steroid dienone is 3. The first-order valence-electron chi connectivity index (χ1n) is 13.1. The van der Waals surface area contributed by atoms with E-state index in [4.69, 9.17) is 27.9 Å². The molecule has 41 heavy (non-hydrogen) atoms. The number of carbonyl (C=O) groups excluding carboxylic acids is 2. The van der Waals surface area contributed by atoms with E-state index < -0.39 is 29.1 Å². The molecule has 2 N–H and O–H groups in total. The lowest BCUT2D eigenvalue weighted by molar-refractivity contribution is -0.138. The lowest BCUT2D eigenvalue weighted by Gasteiger charge is -2.43. The maximum Gasteiger partial charge on any atom is 0.260 e. The van der Waals surface area contributed by atoms with E-state index in [0.717, 1.165) is 21.4 Å². The van der Waals surface area contributed by atoms with Gasteiger partial charge in [-0.05, 0) is 64.7 Å². The van der Waals surface area contributed by atoms with Crippen LogP contribution >= 0.6 is 23.2 Å². The second kappa shape index (κ2) is 10.3. The number of hydrogen-bond acceptors (Lipinski definition) is 5. The van der Waals surface area contributed by atoms with Gasteiger partial charge in [-0.2, -0.15) is 5.01 Å². The minimum absolute atomic E-state index is 0.0300. The first kappa shape index (κ1) is 26.9. The Morgan fingerprint density at radius 2 is 1.80 bits per heavy atom. The van der Waals surface area contributed by atoms with Gasteiger partial charge in [0, 0.05) is 16.5 Å². The number of nitrogens with zero attached hydrogens (tertiary/aromatic N) is 1. The van der Waals surface area contributed by atoms with Crippen molar-refractivity contribution in [1.82, 2.24) is 5.01 Å². The highest BCUT2D eigenvalue weighted by Crippen LogP contribution is 2.59. The molecule has 0 radical (unpaired) electrons. The summed E-state index contributed by atoms with van der Waals surface area (Å²) in [5.41, 5.74) is 3.84. The van der Waals surface area contributed by atoms with Crippen LogP contribution in [-0.2, 0) is 15.0 Å². The Labute approximate surface area is 247 Å². The monoisotopic (exact) mass is 584 g/mol. The van der Waals surface area contributed by atoms with Gasteiger partial charge >= 0.3 is 0 Å². The lowest BCUT2D eigenvalue weighted by Crippen LogP contribution is -2.48. The molecule has 1 aliphatic heterocycles. The van der Waals surface area contributed by atoms with Gasteiger partial charge in [0.25, 0.3) is 11.8 Å². The number of carbonyl (C=O) groups is 2. The number of nitrogens with one attached hydrogen (secondary N) is 1. The Balaban J connectivity index is 1.63. The Morgan fingerprint density at radius 3 is 2.51 bits per heavy atom. The van der Waals surface area contributed by atoms with E-state index in [9.17, 15) is 14.7 Å². The summed E-state index contributed by atoms with van der Waals surface area (Å²) < 4.78 is 5.40. The summed E-state index contributed by atoms with van der Waals surface area (Å²) in [7, 11) is 1.57. The first-order valence-corrected chi connectivity index (χ1v) is 13.8. The van der Waals surface area contributed by atoms with Crippen molar-refractivity contribution in [2.45, 2.75) is 17.8 Å². The summed E-state index contributed by atoms with van der Waals surface area (Å²) in [6.07, 6.45) is 3.94. The van der Waals surface area contributed by atoms with Gasteiger partial charge in [-0.3, -0.25) is 15.0 Å². The van der Waals surface area contributed by atoms with Crippen molar-refractivity contribution in [1.29, 1.82) is 0 Å². The largest absolute Gasteiger partial charge is 0.508 e. The normalized spacial score (nSPS) is 21.9. The molecule has 3 atom stereocenters. The van der Waals surface area contributed by atoms with Gasteiger partial charge in [-0.1, -0.05) is 84.4 Å². The maximum atomic E-state index is 14.9. The van der Waals surface area contributed by atoms with Crippen LogP contribution in [-0.4, -0.2) is 29.0 Å². The average molecular weight is 585 g/mol. The van der Waals surface area contributed by atoms with Crippen LogP contribution in [0.3, 0.4) is 0 Å². The molecule has 2 aliphatic rings. The molecule has 0 unspecified atom stereocenters. The quantitative estimate of drug-likeness (QED) is 0.231. The third-order valence-corrected chi connectivity index (χ3v) is 8.75. The van der Waals surface area contributed by atoms with Crippen molar-refractivity contribution in [2.75, 3.05) is 12.5 Å². The molecule has 206 valence electrons. The Morgan fingerprint density at radius 1 is 1.05 bits per heavy atom. The van der Waals surface area contributed by atoms with E-state index in [-0.39, 0.29) is 10.8 Å². The van der Waals surface area contributed by atoms with Crippen LogP contribution in [0.4, 0.5) is 5.69 Å². The fourth-order valence-corrected chi connectivity index (χ4v) is 6.83. The maximum absolute atomic E-state index is 14.9. The molecule has 0 aromatic heterocycles. The molecule has 6 rings (SSSR count). The van der Waals surface area contributed by atoms with Crippen LogP contribution in [0.15, 0.2) is 103 Å². The molecule has 4 aromatic rings. The number of amides is 2.